The van der Waals surface area contributed by atoms with Crippen LogP contribution in [0.15, 0.2) is 18.2 Å². The van der Waals surface area contributed by atoms with Crippen molar-refractivity contribution in [3.63, 3.8) is 0 Å². The molecule has 6 heteroatoms. The molecule has 1 aromatic rings. The number of aryl methyl sites for hydroxylation is 1. The van der Waals surface area contributed by atoms with Crippen molar-refractivity contribution in [1.29, 1.82) is 0 Å². The lowest BCUT2D eigenvalue weighted by Gasteiger charge is -2.18. The highest BCUT2D eigenvalue weighted by Gasteiger charge is 2.19. The van der Waals surface area contributed by atoms with Gasteiger partial charge in [-0.05, 0) is 19.4 Å². The van der Waals surface area contributed by atoms with Gasteiger partial charge < -0.3 is 15.2 Å². The lowest BCUT2D eigenvalue weighted by Crippen LogP contribution is -2.44. The number of aliphatic hydroxyl groups excluding tert-OH is 1. The Hall–Kier alpha value is -2.08. The van der Waals surface area contributed by atoms with Crippen molar-refractivity contribution in [2.45, 2.75) is 26.6 Å². The highest BCUT2D eigenvalue weighted by atomic mass is 16.5. The summed E-state index contributed by atoms with van der Waals surface area (Å²) < 4.78 is 5.52. The van der Waals surface area contributed by atoms with Gasteiger partial charge in [0.05, 0.1) is 6.61 Å². The quantitative estimate of drug-likeness (QED) is 0.749. The van der Waals surface area contributed by atoms with Crippen LogP contribution in [0.2, 0.25) is 0 Å². The summed E-state index contributed by atoms with van der Waals surface area (Å²) in [6.07, 6.45) is -0.844. The molecule has 0 aliphatic carbocycles. The van der Waals surface area contributed by atoms with E-state index in [1.807, 2.05) is 13.0 Å². The number of hydrogen-bond donors (Lipinski definition) is 3. The van der Waals surface area contributed by atoms with E-state index in [4.69, 9.17) is 4.74 Å². The van der Waals surface area contributed by atoms with Crippen LogP contribution in [-0.2, 0) is 11.4 Å². The fourth-order valence-corrected chi connectivity index (χ4v) is 1.51. The number of benzene rings is 1. The van der Waals surface area contributed by atoms with E-state index < -0.39 is 18.0 Å². The number of aliphatic hydroxyl groups is 1. The van der Waals surface area contributed by atoms with E-state index in [-0.39, 0.29) is 6.61 Å². The predicted octanol–water partition coefficient (Wildman–Crippen LogP) is 0.710. The molecule has 1 rings (SSSR count). The summed E-state index contributed by atoms with van der Waals surface area (Å²) in [5.74, 6) is -0.0870. The van der Waals surface area contributed by atoms with Crippen LogP contribution in [0, 0.1) is 6.92 Å². The molecule has 0 fully saturated rings. The number of amides is 3. The monoisotopic (exact) mass is 266 g/mol. The Morgan fingerprint density at radius 3 is 2.68 bits per heavy atom. The van der Waals surface area contributed by atoms with Gasteiger partial charge in [-0.2, -0.15) is 0 Å². The first-order chi connectivity index (χ1) is 8.99. The molecule has 0 aromatic heterocycles. The molecule has 0 aliphatic rings. The van der Waals surface area contributed by atoms with Gasteiger partial charge in [-0.25, -0.2) is 4.79 Å². The van der Waals surface area contributed by atoms with Crippen molar-refractivity contribution in [2.24, 2.45) is 0 Å². The van der Waals surface area contributed by atoms with E-state index in [0.29, 0.717) is 11.3 Å². The molecular weight excluding hydrogens is 248 g/mol. The Morgan fingerprint density at radius 2 is 2.11 bits per heavy atom. The first kappa shape index (κ1) is 15.0. The third-order valence-corrected chi connectivity index (χ3v) is 2.59. The zero-order valence-corrected chi connectivity index (χ0v) is 11.2. The number of para-hydroxylation sites is 1. The van der Waals surface area contributed by atoms with Crippen molar-refractivity contribution >= 4 is 11.9 Å². The van der Waals surface area contributed by atoms with Crippen molar-refractivity contribution in [2.75, 3.05) is 7.05 Å². The molecule has 1 unspecified atom stereocenters. The van der Waals surface area contributed by atoms with Gasteiger partial charge in [0.1, 0.15) is 5.75 Å². The van der Waals surface area contributed by atoms with Gasteiger partial charge in [-0.1, -0.05) is 18.2 Å². The van der Waals surface area contributed by atoms with E-state index in [1.165, 1.54) is 14.0 Å². The van der Waals surface area contributed by atoms with Gasteiger partial charge in [-0.15, -0.1) is 0 Å². The molecule has 3 N–H and O–H groups in total. The fourth-order valence-electron chi connectivity index (χ4n) is 1.51. The van der Waals surface area contributed by atoms with Crippen LogP contribution < -0.4 is 15.4 Å². The highest BCUT2D eigenvalue weighted by Crippen LogP contribution is 2.24. The molecule has 0 saturated heterocycles. The highest BCUT2D eigenvalue weighted by molar-refractivity contribution is 5.96. The number of carbonyl (C=O) groups is 2. The largest absolute Gasteiger partial charge is 0.480 e. The van der Waals surface area contributed by atoms with Gasteiger partial charge in [0, 0.05) is 12.6 Å². The molecule has 19 heavy (non-hydrogen) atoms. The standard InChI is InChI=1S/C13H18N2O4/c1-8-5-4-6-10(7-16)11(8)19-9(2)12(17)15-13(18)14-3/h4-6,9,16H,7H2,1-3H3,(H2,14,15,17,18). The molecule has 6 nitrogen and oxygen atoms in total. The maximum Gasteiger partial charge on any atom is 0.321 e. The van der Waals surface area contributed by atoms with Crippen molar-refractivity contribution in [3.8, 4) is 5.75 Å². The van der Waals surface area contributed by atoms with Crippen molar-refractivity contribution in [1.82, 2.24) is 10.6 Å². The number of urea groups is 1. The first-order valence-electron chi connectivity index (χ1n) is 5.88. The van der Waals surface area contributed by atoms with Crippen LogP contribution >= 0.6 is 0 Å². The van der Waals surface area contributed by atoms with Crippen LogP contribution in [0.1, 0.15) is 18.1 Å². The number of carbonyl (C=O) groups excluding carboxylic acids is 2. The summed E-state index contributed by atoms with van der Waals surface area (Å²) in [5.41, 5.74) is 1.41. The van der Waals surface area contributed by atoms with Gasteiger partial charge in [0.15, 0.2) is 6.10 Å². The molecule has 3 amide bonds. The van der Waals surface area contributed by atoms with Gasteiger partial charge in [0.2, 0.25) is 0 Å². The molecule has 104 valence electrons. The number of rotatable bonds is 4. The topological polar surface area (TPSA) is 87.7 Å². The number of nitrogens with one attached hydrogen (secondary N) is 2. The summed E-state index contributed by atoms with van der Waals surface area (Å²) in [6.45, 7) is 3.17. The lowest BCUT2D eigenvalue weighted by atomic mass is 10.1. The molecule has 1 atom stereocenters. The van der Waals surface area contributed by atoms with E-state index in [1.54, 1.807) is 12.1 Å². The molecule has 0 spiro atoms. The smallest absolute Gasteiger partial charge is 0.321 e. The third-order valence-electron chi connectivity index (χ3n) is 2.59. The van der Waals surface area contributed by atoms with Crippen LogP contribution in [0.3, 0.4) is 0 Å². The number of ether oxygens (including phenoxy) is 1. The van der Waals surface area contributed by atoms with Crippen molar-refractivity contribution < 1.29 is 19.4 Å². The van der Waals surface area contributed by atoms with Crippen molar-refractivity contribution in [3.05, 3.63) is 29.3 Å². The summed E-state index contributed by atoms with van der Waals surface area (Å²) in [6, 6.07) is 4.74. The first-order valence-corrected chi connectivity index (χ1v) is 5.88. The summed E-state index contributed by atoms with van der Waals surface area (Å²) in [4.78, 5) is 22.7. The van der Waals surface area contributed by atoms with E-state index in [2.05, 4.69) is 10.6 Å². The molecular formula is C13H18N2O4. The minimum Gasteiger partial charge on any atom is -0.480 e. The SMILES string of the molecule is CNC(=O)NC(=O)C(C)Oc1c(C)cccc1CO. The van der Waals surface area contributed by atoms with Crippen LogP contribution in [-0.4, -0.2) is 30.2 Å². The second-order valence-electron chi connectivity index (χ2n) is 4.05. The fraction of sp³-hybridized carbons (Fsp3) is 0.385. The Kier molecular flexibility index (Phi) is 5.32. The van der Waals surface area contributed by atoms with Crippen LogP contribution in [0.5, 0.6) is 5.75 Å². The number of imide groups is 1. The molecule has 0 bridgehead atoms. The normalized spacial score (nSPS) is 11.6. The molecule has 0 heterocycles. The van der Waals surface area contributed by atoms with Crippen LogP contribution in [0.25, 0.3) is 0 Å². The van der Waals surface area contributed by atoms with E-state index >= 15 is 0 Å². The maximum absolute atomic E-state index is 11.7. The van der Waals surface area contributed by atoms with Gasteiger partial charge >= 0.3 is 6.03 Å². The third kappa shape index (κ3) is 3.96. The Balaban J connectivity index is 2.79. The maximum atomic E-state index is 11.7. The molecule has 0 saturated carbocycles. The summed E-state index contributed by atoms with van der Waals surface area (Å²) in [5, 5.41) is 13.6. The number of hydrogen-bond acceptors (Lipinski definition) is 4. The average molecular weight is 266 g/mol. The Morgan fingerprint density at radius 1 is 1.42 bits per heavy atom. The summed E-state index contributed by atoms with van der Waals surface area (Å²) >= 11 is 0. The van der Waals surface area contributed by atoms with E-state index in [0.717, 1.165) is 5.56 Å². The zero-order valence-electron chi connectivity index (χ0n) is 11.2. The minimum atomic E-state index is -0.844. The predicted molar refractivity (Wildman–Crippen MR) is 69.8 cm³/mol. The van der Waals surface area contributed by atoms with Crippen LogP contribution in [0.4, 0.5) is 4.79 Å². The zero-order chi connectivity index (χ0) is 14.4. The Labute approximate surface area is 111 Å². The van der Waals surface area contributed by atoms with Gasteiger partial charge in [-0.3, -0.25) is 10.1 Å². The molecule has 0 radical (unpaired) electrons. The van der Waals surface area contributed by atoms with E-state index in [9.17, 15) is 14.7 Å². The summed E-state index contributed by atoms with van der Waals surface area (Å²) in [7, 11) is 1.42. The van der Waals surface area contributed by atoms with Gasteiger partial charge in [0.25, 0.3) is 5.91 Å². The lowest BCUT2D eigenvalue weighted by molar-refractivity contribution is -0.126. The average Bonchev–Trinajstić information content (AvgIpc) is 2.40. The Bertz CT molecular complexity index is 474. The second kappa shape index (κ2) is 6.75. The molecule has 0 aliphatic heterocycles. The molecule has 1 aromatic carbocycles. The minimum absolute atomic E-state index is 0.180. The second-order valence-corrected chi connectivity index (χ2v) is 4.05.